The van der Waals surface area contributed by atoms with Crippen molar-refractivity contribution in [3.05, 3.63) is 33.7 Å². The van der Waals surface area contributed by atoms with Crippen LogP contribution in [0.3, 0.4) is 0 Å². The number of carbonyl (C=O) groups excluding carboxylic acids is 2. The van der Waals surface area contributed by atoms with Gasteiger partial charge in [0.2, 0.25) is 5.91 Å². The van der Waals surface area contributed by atoms with E-state index in [0.717, 1.165) is 12.8 Å². The number of nitrogens with zero attached hydrogens (tertiary/aromatic N) is 3. The van der Waals surface area contributed by atoms with E-state index >= 15 is 0 Å². The molecular formula is C20H29N3O3. The molecule has 2 amide bonds. The normalized spacial score (nSPS) is 20.6. The zero-order valence-corrected chi connectivity index (χ0v) is 16.4. The highest BCUT2D eigenvalue weighted by Crippen LogP contribution is 2.33. The lowest BCUT2D eigenvalue weighted by Gasteiger charge is -2.32. The summed E-state index contributed by atoms with van der Waals surface area (Å²) in [6.45, 7) is 9.01. The van der Waals surface area contributed by atoms with Crippen LogP contribution >= 0.6 is 0 Å². The molecule has 1 aliphatic carbocycles. The Morgan fingerprint density at radius 1 is 1.27 bits per heavy atom. The Bertz CT molecular complexity index is 786. The van der Waals surface area contributed by atoms with Crippen LogP contribution in [-0.4, -0.2) is 51.9 Å². The molecule has 26 heavy (non-hydrogen) atoms. The van der Waals surface area contributed by atoms with Crippen LogP contribution in [0.2, 0.25) is 0 Å². The van der Waals surface area contributed by atoms with E-state index < -0.39 is 0 Å². The van der Waals surface area contributed by atoms with Crippen molar-refractivity contribution in [2.45, 2.75) is 58.5 Å². The first-order valence-electron chi connectivity index (χ1n) is 9.37. The van der Waals surface area contributed by atoms with Crippen LogP contribution in [0, 0.1) is 12.8 Å². The van der Waals surface area contributed by atoms with Crippen LogP contribution in [0.1, 0.15) is 62.0 Å². The van der Waals surface area contributed by atoms with Gasteiger partial charge < -0.3 is 14.4 Å². The van der Waals surface area contributed by atoms with Crippen molar-refractivity contribution in [2.75, 3.05) is 20.1 Å². The minimum Gasteiger partial charge on any atom is -0.341 e. The lowest BCUT2D eigenvalue weighted by Crippen LogP contribution is -2.43. The van der Waals surface area contributed by atoms with E-state index in [-0.39, 0.29) is 40.4 Å². The summed E-state index contributed by atoms with van der Waals surface area (Å²) in [7, 11) is 1.72. The van der Waals surface area contributed by atoms with Crippen molar-refractivity contribution >= 4 is 11.8 Å². The maximum Gasteiger partial charge on any atom is 0.263 e. The zero-order chi connectivity index (χ0) is 19.2. The fourth-order valence-corrected chi connectivity index (χ4v) is 3.75. The van der Waals surface area contributed by atoms with Gasteiger partial charge in [0.25, 0.3) is 11.5 Å². The first kappa shape index (κ1) is 18.7. The number of hydrogen-bond acceptors (Lipinski definition) is 3. The molecule has 1 aromatic rings. The minimum absolute atomic E-state index is 0.102. The Morgan fingerprint density at radius 2 is 1.92 bits per heavy atom. The van der Waals surface area contributed by atoms with Gasteiger partial charge in [-0.3, -0.25) is 14.4 Å². The number of aromatic nitrogens is 1. The molecule has 2 heterocycles. The van der Waals surface area contributed by atoms with Crippen LogP contribution < -0.4 is 5.56 Å². The number of amides is 2. The van der Waals surface area contributed by atoms with Crippen LogP contribution in [0.5, 0.6) is 0 Å². The van der Waals surface area contributed by atoms with Gasteiger partial charge in [0.05, 0.1) is 0 Å². The number of likely N-dealkylation sites (tertiary alicyclic amines) is 1. The molecule has 6 heteroatoms. The third-order valence-electron chi connectivity index (χ3n) is 5.38. The highest BCUT2D eigenvalue weighted by molar-refractivity contribution is 5.95. The quantitative estimate of drug-likeness (QED) is 0.828. The highest BCUT2D eigenvalue weighted by Gasteiger charge is 2.37. The van der Waals surface area contributed by atoms with E-state index in [9.17, 15) is 14.4 Å². The molecule has 0 N–H and O–H groups in total. The van der Waals surface area contributed by atoms with Gasteiger partial charge in [0.1, 0.15) is 5.56 Å². The molecule has 1 aliphatic heterocycles. The van der Waals surface area contributed by atoms with E-state index in [1.165, 1.54) is 0 Å². The van der Waals surface area contributed by atoms with E-state index in [0.29, 0.717) is 25.1 Å². The van der Waals surface area contributed by atoms with Crippen LogP contribution in [0.4, 0.5) is 0 Å². The molecule has 1 saturated heterocycles. The van der Waals surface area contributed by atoms with E-state index in [1.807, 2.05) is 31.7 Å². The molecule has 6 nitrogen and oxygen atoms in total. The SMILES string of the molecule is Cc1ccn(C2CC2)c(=O)c1C(=O)N(C)CC1CC(=O)N(C(C)(C)C)C1. The first-order valence-corrected chi connectivity index (χ1v) is 9.37. The Kier molecular flexibility index (Phi) is 4.71. The van der Waals surface area contributed by atoms with Crippen LogP contribution in [0.15, 0.2) is 17.1 Å². The second kappa shape index (κ2) is 6.56. The van der Waals surface area contributed by atoms with Gasteiger partial charge in [-0.2, -0.15) is 0 Å². The lowest BCUT2D eigenvalue weighted by atomic mass is 10.1. The van der Waals surface area contributed by atoms with Gasteiger partial charge in [-0.1, -0.05) is 0 Å². The summed E-state index contributed by atoms with van der Waals surface area (Å²) in [4.78, 5) is 41.4. The average Bonchev–Trinajstić information content (AvgIpc) is 3.29. The number of aryl methyl sites for hydroxylation is 1. The fraction of sp³-hybridized carbons (Fsp3) is 0.650. The van der Waals surface area contributed by atoms with Gasteiger partial charge >= 0.3 is 0 Å². The van der Waals surface area contributed by atoms with Crippen molar-refractivity contribution in [3.8, 4) is 0 Å². The summed E-state index contributed by atoms with van der Waals surface area (Å²) in [5.74, 6) is -0.00941. The number of carbonyl (C=O) groups is 2. The van der Waals surface area contributed by atoms with Crippen molar-refractivity contribution < 1.29 is 9.59 Å². The zero-order valence-electron chi connectivity index (χ0n) is 16.4. The number of pyridine rings is 1. The van der Waals surface area contributed by atoms with E-state index in [2.05, 4.69) is 0 Å². The summed E-state index contributed by atoms with van der Waals surface area (Å²) in [5, 5.41) is 0. The second-order valence-corrected chi connectivity index (χ2v) is 8.75. The summed E-state index contributed by atoms with van der Waals surface area (Å²) in [5.41, 5.74) is 0.576. The van der Waals surface area contributed by atoms with Crippen molar-refractivity contribution in [2.24, 2.45) is 5.92 Å². The minimum atomic E-state index is -0.246. The van der Waals surface area contributed by atoms with E-state index in [1.54, 1.807) is 29.6 Å². The summed E-state index contributed by atoms with van der Waals surface area (Å²) in [6.07, 6.45) is 4.25. The maximum atomic E-state index is 12.9. The Balaban J connectivity index is 1.74. The molecular weight excluding hydrogens is 330 g/mol. The monoisotopic (exact) mass is 359 g/mol. The number of rotatable bonds is 4. The van der Waals surface area contributed by atoms with Crippen molar-refractivity contribution in [1.82, 2.24) is 14.4 Å². The first-order chi connectivity index (χ1) is 12.1. The van der Waals surface area contributed by atoms with E-state index in [4.69, 9.17) is 0 Å². The van der Waals surface area contributed by atoms with Gasteiger partial charge in [-0.05, 0) is 52.2 Å². The smallest absolute Gasteiger partial charge is 0.263 e. The molecule has 1 atom stereocenters. The molecule has 1 unspecified atom stereocenters. The summed E-state index contributed by atoms with van der Waals surface area (Å²) >= 11 is 0. The molecule has 142 valence electrons. The van der Waals surface area contributed by atoms with Gasteiger partial charge in [0, 0.05) is 50.3 Å². The molecule has 1 aromatic heterocycles. The summed E-state index contributed by atoms with van der Waals surface area (Å²) in [6, 6.07) is 2.09. The Hall–Kier alpha value is -2.11. The highest BCUT2D eigenvalue weighted by atomic mass is 16.2. The van der Waals surface area contributed by atoms with Crippen molar-refractivity contribution in [3.63, 3.8) is 0 Å². The molecule has 0 bridgehead atoms. The standard InChI is InChI=1S/C20H29N3O3/c1-13-8-9-22(15-6-7-15)19(26)17(13)18(25)21(5)11-14-10-16(24)23(12-14)20(2,3)4/h8-9,14-15H,6-7,10-12H2,1-5H3. The molecule has 1 saturated carbocycles. The van der Waals surface area contributed by atoms with Gasteiger partial charge in [-0.15, -0.1) is 0 Å². The summed E-state index contributed by atoms with van der Waals surface area (Å²) < 4.78 is 1.69. The average molecular weight is 359 g/mol. The number of hydrogen-bond donors (Lipinski definition) is 0. The van der Waals surface area contributed by atoms with Gasteiger partial charge in [0.15, 0.2) is 0 Å². The maximum absolute atomic E-state index is 12.9. The van der Waals surface area contributed by atoms with Gasteiger partial charge in [-0.25, -0.2) is 0 Å². The third kappa shape index (κ3) is 3.55. The lowest BCUT2D eigenvalue weighted by molar-refractivity contribution is -0.131. The molecule has 0 spiro atoms. The molecule has 0 aromatic carbocycles. The Morgan fingerprint density at radius 3 is 2.46 bits per heavy atom. The fourth-order valence-electron chi connectivity index (χ4n) is 3.75. The molecule has 2 aliphatic rings. The predicted octanol–water partition coefficient (Wildman–Crippen LogP) is 2.21. The second-order valence-electron chi connectivity index (χ2n) is 8.75. The Labute approximate surface area is 154 Å². The van der Waals surface area contributed by atoms with Crippen LogP contribution in [0.25, 0.3) is 0 Å². The topological polar surface area (TPSA) is 62.6 Å². The van der Waals surface area contributed by atoms with Crippen LogP contribution in [-0.2, 0) is 4.79 Å². The molecule has 0 radical (unpaired) electrons. The van der Waals surface area contributed by atoms with Crippen molar-refractivity contribution in [1.29, 1.82) is 0 Å². The molecule has 2 fully saturated rings. The predicted molar refractivity (Wildman–Crippen MR) is 100 cm³/mol. The molecule has 3 rings (SSSR count). The third-order valence-corrected chi connectivity index (χ3v) is 5.38. The largest absolute Gasteiger partial charge is 0.341 e.